The molecule has 3 nitrogen and oxygen atoms in total. The van der Waals surface area contributed by atoms with E-state index in [-0.39, 0.29) is 17.2 Å². The van der Waals surface area contributed by atoms with E-state index in [4.69, 9.17) is 0 Å². The number of unbranched alkanes of at least 4 members (excludes halogenated alkanes) is 1. The number of rotatable bonds is 6. The number of nitrogens with one attached hydrogen (secondary N) is 1. The Morgan fingerprint density at radius 1 is 1.52 bits per heavy atom. The molecule has 2 atom stereocenters. The van der Waals surface area contributed by atoms with E-state index in [0.29, 0.717) is 5.75 Å². The number of phenolic OH excluding ortho intramolecular Hbond substituents is 1. The molecule has 0 aromatic heterocycles. The van der Waals surface area contributed by atoms with E-state index in [1.807, 2.05) is 19.1 Å². The van der Waals surface area contributed by atoms with Crippen molar-refractivity contribution in [1.82, 2.24) is 5.32 Å². The predicted octanol–water partition coefficient (Wildman–Crippen LogP) is 3.81. The fourth-order valence-electron chi connectivity index (χ4n) is 2.75. The Hall–Kier alpha value is -1.16. The first-order valence-corrected chi connectivity index (χ1v) is 8.91. The summed E-state index contributed by atoms with van der Waals surface area (Å²) in [6.07, 6.45) is 5.18. The molecule has 1 aliphatic rings. The second-order valence-corrected chi connectivity index (χ2v) is 7.11. The molecule has 1 amide bonds. The Kier molecular flexibility index (Phi) is 5.97. The average Bonchev–Trinajstić information content (AvgIpc) is 2.48. The number of amides is 1. The van der Waals surface area contributed by atoms with Gasteiger partial charge in [-0.3, -0.25) is 4.79 Å². The summed E-state index contributed by atoms with van der Waals surface area (Å²) in [7, 11) is 0. The molecule has 0 saturated heterocycles. The van der Waals surface area contributed by atoms with E-state index < -0.39 is 0 Å². The maximum Gasteiger partial charge on any atom is 0.233 e. The van der Waals surface area contributed by atoms with Crippen molar-refractivity contribution in [2.75, 3.05) is 5.75 Å². The average molecular weight is 307 g/mol. The van der Waals surface area contributed by atoms with Crippen LogP contribution in [0.2, 0.25) is 0 Å². The van der Waals surface area contributed by atoms with Crippen molar-refractivity contribution in [3.63, 3.8) is 0 Å². The van der Waals surface area contributed by atoms with Crippen LogP contribution in [-0.2, 0) is 11.2 Å². The van der Waals surface area contributed by atoms with Crippen molar-refractivity contribution in [2.24, 2.45) is 0 Å². The van der Waals surface area contributed by atoms with Crippen molar-refractivity contribution in [3.05, 3.63) is 29.3 Å². The Labute approximate surface area is 131 Å². The highest BCUT2D eigenvalue weighted by atomic mass is 32.2. The topological polar surface area (TPSA) is 49.3 Å². The van der Waals surface area contributed by atoms with Crippen LogP contribution in [0.5, 0.6) is 5.75 Å². The number of benzene rings is 1. The standard InChI is InChI=1S/C17H25NO2S/c1-3-4-11-21-12(2)17(20)18-15-9-5-8-14-13(15)7-6-10-16(14)19/h6-7,10,12,15,19H,3-5,8-9,11H2,1-2H3,(H,18,20)/t12-,15+/m0/s1. The first kappa shape index (κ1) is 16.2. The lowest BCUT2D eigenvalue weighted by atomic mass is 9.87. The minimum absolute atomic E-state index is 0.0146. The molecule has 0 unspecified atom stereocenters. The van der Waals surface area contributed by atoms with Crippen LogP contribution in [0, 0.1) is 0 Å². The second-order valence-electron chi connectivity index (χ2n) is 5.66. The first-order chi connectivity index (χ1) is 10.1. The van der Waals surface area contributed by atoms with E-state index in [2.05, 4.69) is 12.2 Å². The number of aromatic hydroxyl groups is 1. The summed E-state index contributed by atoms with van der Waals surface area (Å²) in [6, 6.07) is 5.65. The van der Waals surface area contributed by atoms with Gasteiger partial charge < -0.3 is 10.4 Å². The Morgan fingerprint density at radius 2 is 2.33 bits per heavy atom. The minimum atomic E-state index is -0.0146. The normalized spacial score (nSPS) is 18.9. The monoisotopic (exact) mass is 307 g/mol. The molecule has 0 bridgehead atoms. The van der Waals surface area contributed by atoms with Crippen LogP contribution >= 0.6 is 11.8 Å². The fraction of sp³-hybridized carbons (Fsp3) is 0.588. The third-order valence-corrected chi connectivity index (χ3v) is 5.27. The highest BCUT2D eigenvalue weighted by Gasteiger charge is 2.25. The van der Waals surface area contributed by atoms with E-state index in [9.17, 15) is 9.90 Å². The van der Waals surface area contributed by atoms with Crippen LogP contribution in [-0.4, -0.2) is 22.0 Å². The number of thioether (sulfide) groups is 1. The second kappa shape index (κ2) is 7.74. The fourth-order valence-corrected chi connectivity index (χ4v) is 3.78. The summed E-state index contributed by atoms with van der Waals surface area (Å²) in [5, 5.41) is 13.1. The first-order valence-electron chi connectivity index (χ1n) is 7.86. The smallest absolute Gasteiger partial charge is 0.233 e. The van der Waals surface area contributed by atoms with Gasteiger partial charge in [0.2, 0.25) is 5.91 Å². The quantitative estimate of drug-likeness (QED) is 0.786. The molecule has 0 aliphatic heterocycles. The molecule has 0 radical (unpaired) electrons. The number of fused-ring (bicyclic) bond motifs is 1. The lowest BCUT2D eigenvalue weighted by Crippen LogP contribution is -2.36. The van der Waals surface area contributed by atoms with E-state index in [1.165, 1.54) is 0 Å². The largest absolute Gasteiger partial charge is 0.508 e. The van der Waals surface area contributed by atoms with Crippen LogP contribution in [0.4, 0.5) is 0 Å². The van der Waals surface area contributed by atoms with E-state index in [1.54, 1.807) is 17.8 Å². The molecule has 4 heteroatoms. The third-order valence-electron chi connectivity index (χ3n) is 4.03. The molecule has 0 spiro atoms. The summed E-state index contributed by atoms with van der Waals surface area (Å²) < 4.78 is 0. The Bertz CT molecular complexity index is 490. The molecular weight excluding hydrogens is 282 g/mol. The number of hydrogen-bond acceptors (Lipinski definition) is 3. The lowest BCUT2D eigenvalue weighted by molar-refractivity contribution is -0.121. The Morgan fingerprint density at radius 3 is 3.10 bits per heavy atom. The molecule has 21 heavy (non-hydrogen) atoms. The SMILES string of the molecule is CCCCS[C@@H](C)C(=O)N[C@@H]1CCCc2c(O)cccc21. The van der Waals surface area contributed by atoms with Gasteiger partial charge >= 0.3 is 0 Å². The van der Waals surface area contributed by atoms with Gasteiger partial charge in [0, 0.05) is 0 Å². The molecule has 0 saturated carbocycles. The van der Waals surface area contributed by atoms with Crippen LogP contribution < -0.4 is 5.32 Å². The van der Waals surface area contributed by atoms with E-state index in [0.717, 1.165) is 49.0 Å². The van der Waals surface area contributed by atoms with Gasteiger partial charge in [-0.05, 0) is 55.6 Å². The zero-order valence-electron chi connectivity index (χ0n) is 12.9. The highest BCUT2D eigenvalue weighted by molar-refractivity contribution is 8.00. The molecule has 1 aromatic carbocycles. The number of phenols is 1. The van der Waals surface area contributed by atoms with Crippen molar-refractivity contribution in [2.45, 2.75) is 57.2 Å². The lowest BCUT2D eigenvalue weighted by Gasteiger charge is -2.28. The molecule has 1 aromatic rings. The third kappa shape index (κ3) is 4.16. The van der Waals surface area contributed by atoms with Gasteiger partial charge in [-0.2, -0.15) is 0 Å². The number of hydrogen-bond donors (Lipinski definition) is 2. The van der Waals surface area contributed by atoms with Crippen molar-refractivity contribution >= 4 is 17.7 Å². The maximum atomic E-state index is 12.3. The zero-order valence-corrected chi connectivity index (χ0v) is 13.7. The maximum absolute atomic E-state index is 12.3. The van der Waals surface area contributed by atoms with Crippen LogP contribution in [0.15, 0.2) is 18.2 Å². The number of carbonyl (C=O) groups excluding carboxylic acids is 1. The van der Waals surface area contributed by atoms with Crippen LogP contribution in [0.25, 0.3) is 0 Å². The molecule has 0 fully saturated rings. The predicted molar refractivity (Wildman–Crippen MR) is 88.8 cm³/mol. The Balaban J connectivity index is 1.98. The molecule has 2 rings (SSSR count). The van der Waals surface area contributed by atoms with Crippen LogP contribution in [0.1, 0.15) is 56.7 Å². The highest BCUT2D eigenvalue weighted by Crippen LogP contribution is 2.34. The van der Waals surface area contributed by atoms with Gasteiger partial charge in [-0.1, -0.05) is 25.5 Å². The van der Waals surface area contributed by atoms with Crippen molar-refractivity contribution in [3.8, 4) is 5.75 Å². The summed E-state index contributed by atoms with van der Waals surface area (Å²) in [5.74, 6) is 1.50. The van der Waals surface area contributed by atoms with Crippen molar-refractivity contribution in [1.29, 1.82) is 0 Å². The summed E-state index contributed by atoms with van der Waals surface area (Å²) in [5.41, 5.74) is 2.08. The van der Waals surface area contributed by atoms with Gasteiger partial charge in [0.15, 0.2) is 0 Å². The zero-order chi connectivity index (χ0) is 15.2. The van der Waals surface area contributed by atoms with Crippen molar-refractivity contribution < 1.29 is 9.90 Å². The van der Waals surface area contributed by atoms with Gasteiger partial charge in [-0.25, -0.2) is 0 Å². The van der Waals surface area contributed by atoms with Gasteiger partial charge in [-0.15, -0.1) is 11.8 Å². The molecular formula is C17H25NO2S. The molecule has 116 valence electrons. The number of carbonyl (C=O) groups is 1. The van der Waals surface area contributed by atoms with Gasteiger partial charge in [0.05, 0.1) is 11.3 Å². The van der Waals surface area contributed by atoms with Gasteiger partial charge in [0.1, 0.15) is 5.75 Å². The van der Waals surface area contributed by atoms with Crippen LogP contribution in [0.3, 0.4) is 0 Å². The molecule has 0 heterocycles. The minimum Gasteiger partial charge on any atom is -0.508 e. The van der Waals surface area contributed by atoms with E-state index >= 15 is 0 Å². The molecule has 1 aliphatic carbocycles. The summed E-state index contributed by atoms with van der Waals surface area (Å²) >= 11 is 1.72. The summed E-state index contributed by atoms with van der Waals surface area (Å²) in [6.45, 7) is 4.14. The van der Waals surface area contributed by atoms with Gasteiger partial charge in [0.25, 0.3) is 0 Å². The summed E-state index contributed by atoms with van der Waals surface area (Å²) in [4.78, 5) is 12.3. The molecule has 2 N–H and O–H groups in total.